The SMILES string of the molecule is Cc1nonc1CC(=O)N1CCO[C@H](c2cc(CCOc3ccccc3Cl)[nH]n2)C1. The van der Waals surface area contributed by atoms with E-state index in [9.17, 15) is 4.79 Å². The van der Waals surface area contributed by atoms with Crippen LogP contribution in [0.2, 0.25) is 5.02 Å². The predicted molar refractivity (Wildman–Crippen MR) is 107 cm³/mol. The lowest BCUT2D eigenvalue weighted by atomic mass is 10.1. The first-order valence-electron chi connectivity index (χ1n) is 9.69. The molecule has 0 aliphatic carbocycles. The molecule has 9 nitrogen and oxygen atoms in total. The van der Waals surface area contributed by atoms with E-state index in [0.29, 0.717) is 54.9 Å². The largest absolute Gasteiger partial charge is 0.492 e. The number of hydrogen-bond acceptors (Lipinski definition) is 7. The van der Waals surface area contributed by atoms with Crippen LogP contribution in [0, 0.1) is 6.92 Å². The Morgan fingerprint density at radius 2 is 2.23 bits per heavy atom. The molecule has 0 unspecified atom stereocenters. The Hall–Kier alpha value is -2.91. The Labute approximate surface area is 178 Å². The Balaban J connectivity index is 1.31. The number of halogens is 1. The second-order valence-corrected chi connectivity index (χ2v) is 7.43. The quantitative estimate of drug-likeness (QED) is 0.612. The summed E-state index contributed by atoms with van der Waals surface area (Å²) in [7, 11) is 0. The topological polar surface area (TPSA) is 106 Å². The van der Waals surface area contributed by atoms with E-state index in [1.165, 1.54) is 0 Å². The normalized spacial score (nSPS) is 16.6. The van der Waals surface area contributed by atoms with Crippen molar-refractivity contribution < 1.29 is 18.9 Å². The number of aryl methyl sites for hydroxylation is 1. The van der Waals surface area contributed by atoms with Crippen LogP contribution in [0.5, 0.6) is 5.75 Å². The van der Waals surface area contributed by atoms with E-state index in [1.54, 1.807) is 17.9 Å². The maximum atomic E-state index is 12.6. The minimum Gasteiger partial charge on any atom is -0.492 e. The van der Waals surface area contributed by atoms with Crippen LogP contribution in [0.4, 0.5) is 0 Å². The maximum absolute atomic E-state index is 12.6. The van der Waals surface area contributed by atoms with E-state index < -0.39 is 0 Å². The van der Waals surface area contributed by atoms with Crippen LogP contribution in [0.15, 0.2) is 35.0 Å². The Morgan fingerprint density at radius 3 is 3.03 bits per heavy atom. The first-order valence-corrected chi connectivity index (χ1v) is 10.1. The van der Waals surface area contributed by atoms with Gasteiger partial charge in [-0.15, -0.1) is 0 Å². The van der Waals surface area contributed by atoms with Crippen molar-refractivity contribution in [1.82, 2.24) is 25.4 Å². The van der Waals surface area contributed by atoms with Crippen molar-refractivity contribution in [2.24, 2.45) is 0 Å². The molecule has 1 aromatic carbocycles. The number of para-hydroxylation sites is 1. The minimum absolute atomic E-state index is 0.0361. The van der Waals surface area contributed by atoms with Gasteiger partial charge in [-0.2, -0.15) is 5.10 Å². The molecular weight excluding hydrogens is 410 g/mol. The number of morpholine rings is 1. The number of carbonyl (C=O) groups excluding carboxylic acids is 1. The molecule has 2 aromatic heterocycles. The van der Waals surface area contributed by atoms with Crippen LogP contribution < -0.4 is 4.74 Å². The third-order valence-electron chi connectivity index (χ3n) is 4.93. The van der Waals surface area contributed by atoms with Gasteiger partial charge in [0, 0.05) is 18.7 Å². The average molecular weight is 432 g/mol. The maximum Gasteiger partial charge on any atom is 0.228 e. The fourth-order valence-corrected chi connectivity index (χ4v) is 3.42. The molecule has 1 atom stereocenters. The number of H-pyrrole nitrogens is 1. The van der Waals surface area contributed by atoms with Gasteiger partial charge < -0.3 is 14.4 Å². The van der Waals surface area contributed by atoms with E-state index in [4.69, 9.17) is 21.1 Å². The van der Waals surface area contributed by atoms with Gasteiger partial charge in [-0.05, 0) is 25.1 Å². The molecule has 4 rings (SSSR count). The lowest BCUT2D eigenvalue weighted by molar-refractivity contribution is -0.138. The molecule has 0 radical (unpaired) electrons. The number of ether oxygens (including phenoxy) is 2. The summed E-state index contributed by atoms with van der Waals surface area (Å²) in [5.41, 5.74) is 2.88. The highest BCUT2D eigenvalue weighted by molar-refractivity contribution is 6.32. The molecule has 3 heterocycles. The summed E-state index contributed by atoms with van der Waals surface area (Å²) in [6.07, 6.45) is 0.521. The summed E-state index contributed by atoms with van der Waals surface area (Å²) in [6, 6.07) is 9.31. The van der Waals surface area contributed by atoms with Gasteiger partial charge in [-0.1, -0.05) is 34.0 Å². The lowest BCUT2D eigenvalue weighted by Gasteiger charge is -2.32. The monoisotopic (exact) mass is 431 g/mol. The zero-order valence-electron chi connectivity index (χ0n) is 16.5. The van der Waals surface area contributed by atoms with E-state index in [-0.39, 0.29) is 18.4 Å². The molecule has 10 heteroatoms. The standard InChI is InChI=1S/C20H22ClN5O4/c1-13-16(25-30-24-13)11-20(27)26-7-9-29-19(12-26)17-10-14(22-23-17)6-8-28-18-5-3-2-4-15(18)21/h2-5,10,19H,6-9,11-12H2,1H3,(H,22,23)/t19-/m0/s1. The molecule has 1 amide bonds. The van der Waals surface area contributed by atoms with Gasteiger partial charge in [0.25, 0.3) is 0 Å². The van der Waals surface area contributed by atoms with E-state index >= 15 is 0 Å². The first kappa shape index (κ1) is 20.4. The third-order valence-corrected chi connectivity index (χ3v) is 5.24. The van der Waals surface area contributed by atoms with Crippen LogP contribution in [0.1, 0.15) is 28.9 Å². The van der Waals surface area contributed by atoms with Crippen LogP contribution >= 0.6 is 11.6 Å². The molecule has 30 heavy (non-hydrogen) atoms. The van der Waals surface area contributed by atoms with Crippen molar-refractivity contribution in [3.8, 4) is 5.75 Å². The average Bonchev–Trinajstić information content (AvgIpc) is 3.39. The Kier molecular flexibility index (Phi) is 6.29. The minimum atomic E-state index is -0.284. The third kappa shape index (κ3) is 4.80. The second kappa shape index (κ2) is 9.27. The fourth-order valence-electron chi connectivity index (χ4n) is 3.22. The van der Waals surface area contributed by atoms with Crippen LogP contribution in [-0.2, 0) is 22.4 Å². The molecule has 1 N–H and O–H groups in total. The summed E-state index contributed by atoms with van der Waals surface area (Å²) in [4.78, 5) is 14.4. The van der Waals surface area contributed by atoms with Crippen LogP contribution in [0.3, 0.4) is 0 Å². The molecule has 3 aromatic rings. The van der Waals surface area contributed by atoms with E-state index in [0.717, 1.165) is 11.4 Å². The van der Waals surface area contributed by atoms with Crippen molar-refractivity contribution in [3.05, 3.63) is 58.1 Å². The highest BCUT2D eigenvalue weighted by Crippen LogP contribution is 2.24. The number of amides is 1. The van der Waals surface area contributed by atoms with Gasteiger partial charge >= 0.3 is 0 Å². The van der Waals surface area contributed by atoms with Gasteiger partial charge in [0.1, 0.15) is 23.2 Å². The molecule has 158 valence electrons. The van der Waals surface area contributed by atoms with Crippen molar-refractivity contribution in [2.45, 2.75) is 25.9 Å². The first-order chi connectivity index (χ1) is 14.6. The highest BCUT2D eigenvalue weighted by atomic mass is 35.5. The van der Waals surface area contributed by atoms with E-state index in [1.807, 2.05) is 24.3 Å². The number of nitrogens with one attached hydrogen (secondary N) is 1. The highest BCUT2D eigenvalue weighted by Gasteiger charge is 2.28. The zero-order valence-corrected chi connectivity index (χ0v) is 17.3. The summed E-state index contributed by atoms with van der Waals surface area (Å²) in [5.74, 6) is 0.618. The molecule has 1 saturated heterocycles. The van der Waals surface area contributed by atoms with Crippen molar-refractivity contribution in [3.63, 3.8) is 0 Å². The number of hydrogen-bond donors (Lipinski definition) is 1. The number of carbonyl (C=O) groups is 1. The smallest absolute Gasteiger partial charge is 0.228 e. The number of benzene rings is 1. The van der Waals surface area contributed by atoms with Crippen molar-refractivity contribution in [2.75, 3.05) is 26.3 Å². The molecule has 1 fully saturated rings. The fraction of sp³-hybridized carbons (Fsp3) is 0.400. The van der Waals surface area contributed by atoms with Gasteiger partial charge in [-0.25, -0.2) is 4.63 Å². The number of aromatic nitrogens is 4. The Morgan fingerprint density at radius 1 is 1.37 bits per heavy atom. The van der Waals surface area contributed by atoms with E-state index in [2.05, 4.69) is 25.1 Å². The van der Waals surface area contributed by atoms with Gasteiger partial charge in [0.05, 0.1) is 36.9 Å². The molecule has 1 aliphatic heterocycles. The summed E-state index contributed by atoms with van der Waals surface area (Å²) in [6.45, 7) is 3.64. The summed E-state index contributed by atoms with van der Waals surface area (Å²) < 4.78 is 16.2. The van der Waals surface area contributed by atoms with Gasteiger partial charge in [-0.3, -0.25) is 9.89 Å². The Bertz CT molecular complexity index is 1000. The second-order valence-electron chi connectivity index (χ2n) is 7.02. The van der Waals surface area contributed by atoms with Gasteiger partial charge in [0.15, 0.2) is 0 Å². The molecule has 0 spiro atoms. The molecule has 1 aliphatic rings. The van der Waals surface area contributed by atoms with Crippen LogP contribution in [-0.4, -0.2) is 57.6 Å². The molecular formula is C20H22ClN5O4. The van der Waals surface area contributed by atoms with Crippen LogP contribution in [0.25, 0.3) is 0 Å². The number of nitrogens with zero attached hydrogens (tertiary/aromatic N) is 4. The van der Waals surface area contributed by atoms with Crippen molar-refractivity contribution >= 4 is 17.5 Å². The number of aromatic amines is 1. The zero-order chi connectivity index (χ0) is 20.9. The molecule has 0 bridgehead atoms. The molecule has 0 saturated carbocycles. The number of rotatable bonds is 7. The van der Waals surface area contributed by atoms with Gasteiger partial charge in [0.2, 0.25) is 5.91 Å². The predicted octanol–water partition coefficient (Wildman–Crippen LogP) is 2.52. The summed E-state index contributed by atoms with van der Waals surface area (Å²) in [5, 5.41) is 15.5. The van der Waals surface area contributed by atoms with Crippen molar-refractivity contribution in [1.29, 1.82) is 0 Å². The lowest BCUT2D eigenvalue weighted by Crippen LogP contribution is -2.43. The summed E-state index contributed by atoms with van der Waals surface area (Å²) >= 11 is 6.10.